The summed E-state index contributed by atoms with van der Waals surface area (Å²) in [6.45, 7) is 0. The Bertz CT molecular complexity index is 521. The van der Waals surface area contributed by atoms with Gasteiger partial charge in [-0.2, -0.15) is 0 Å². The maximum Gasteiger partial charge on any atom is 0.126 e. The van der Waals surface area contributed by atoms with Crippen LogP contribution < -0.4 is 5.73 Å². The average Bonchev–Trinajstić information content (AvgIpc) is 2.41. The van der Waals surface area contributed by atoms with Crippen molar-refractivity contribution < 1.29 is 4.39 Å². The fourth-order valence-electron chi connectivity index (χ4n) is 5.78. The molecule has 21 heavy (non-hydrogen) atoms. The van der Waals surface area contributed by atoms with E-state index in [0.717, 1.165) is 27.8 Å². The van der Waals surface area contributed by atoms with Gasteiger partial charge in [0, 0.05) is 10.5 Å². The molecule has 0 amide bonds. The minimum atomic E-state index is -0.113. The Morgan fingerprint density at radius 2 is 1.71 bits per heavy atom. The van der Waals surface area contributed by atoms with Gasteiger partial charge in [-0.15, -0.1) is 0 Å². The molecule has 114 valence electrons. The van der Waals surface area contributed by atoms with Gasteiger partial charge < -0.3 is 5.73 Å². The summed E-state index contributed by atoms with van der Waals surface area (Å²) >= 11 is 3.44. The normalized spacial score (nSPS) is 38.7. The number of halogens is 2. The van der Waals surface area contributed by atoms with Crippen molar-refractivity contribution in [3.8, 4) is 0 Å². The maximum absolute atomic E-state index is 14.0. The molecule has 0 spiro atoms. The monoisotopic (exact) mass is 351 g/mol. The quantitative estimate of drug-likeness (QED) is 0.840. The Balaban J connectivity index is 1.57. The van der Waals surface area contributed by atoms with Gasteiger partial charge in [-0.05, 0) is 91.9 Å². The Morgan fingerprint density at radius 1 is 1.14 bits per heavy atom. The first-order valence-corrected chi connectivity index (χ1v) is 9.03. The van der Waals surface area contributed by atoms with Crippen molar-refractivity contribution >= 4 is 15.9 Å². The van der Waals surface area contributed by atoms with Crippen LogP contribution in [0.3, 0.4) is 0 Å². The van der Waals surface area contributed by atoms with Gasteiger partial charge in [0.05, 0.1) is 0 Å². The van der Waals surface area contributed by atoms with Crippen molar-refractivity contribution in [2.45, 2.75) is 51.0 Å². The molecular formula is C18H23BrFN. The molecule has 0 heterocycles. The SMILES string of the molecule is NC(Cc1cc(Br)ccc1F)C12CC3CC(CC(C3)C1)C2. The van der Waals surface area contributed by atoms with E-state index in [-0.39, 0.29) is 11.9 Å². The third-order valence-corrected chi connectivity index (χ3v) is 6.81. The van der Waals surface area contributed by atoms with E-state index in [9.17, 15) is 4.39 Å². The largest absolute Gasteiger partial charge is 0.327 e. The number of hydrogen-bond acceptors (Lipinski definition) is 1. The van der Waals surface area contributed by atoms with Crippen LogP contribution in [0.5, 0.6) is 0 Å². The van der Waals surface area contributed by atoms with Gasteiger partial charge in [0.25, 0.3) is 0 Å². The van der Waals surface area contributed by atoms with Crippen molar-refractivity contribution in [3.05, 3.63) is 34.1 Å². The fraction of sp³-hybridized carbons (Fsp3) is 0.667. The molecule has 2 N–H and O–H groups in total. The molecule has 1 nitrogen and oxygen atoms in total. The van der Waals surface area contributed by atoms with Crippen LogP contribution in [0.2, 0.25) is 0 Å². The number of hydrogen-bond donors (Lipinski definition) is 1. The summed E-state index contributed by atoms with van der Waals surface area (Å²) in [6, 6.07) is 5.31. The van der Waals surface area contributed by atoms with E-state index in [0.29, 0.717) is 11.8 Å². The average molecular weight is 352 g/mol. The zero-order chi connectivity index (χ0) is 14.6. The predicted octanol–water partition coefficient (Wildman–Crippen LogP) is 4.67. The molecule has 4 saturated carbocycles. The smallest absolute Gasteiger partial charge is 0.126 e. The second-order valence-electron chi connectivity index (χ2n) is 7.83. The standard InChI is InChI=1S/C18H23BrFN/c19-15-1-2-16(20)14(6-15)7-17(21)18-8-11-3-12(9-18)5-13(4-11)10-18/h1-2,6,11-13,17H,3-5,7-10,21H2. The first-order valence-electron chi connectivity index (χ1n) is 8.23. The van der Waals surface area contributed by atoms with E-state index in [1.165, 1.54) is 38.5 Å². The van der Waals surface area contributed by atoms with Crippen LogP contribution in [0.4, 0.5) is 4.39 Å². The van der Waals surface area contributed by atoms with Crippen molar-refractivity contribution in [3.63, 3.8) is 0 Å². The van der Waals surface area contributed by atoms with Crippen LogP contribution in [0.25, 0.3) is 0 Å². The van der Waals surface area contributed by atoms with Crippen molar-refractivity contribution in [1.82, 2.24) is 0 Å². The number of benzene rings is 1. The van der Waals surface area contributed by atoms with E-state index in [1.807, 2.05) is 6.07 Å². The number of nitrogens with two attached hydrogens (primary N) is 1. The third-order valence-electron chi connectivity index (χ3n) is 6.32. The lowest BCUT2D eigenvalue weighted by molar-refractivity contribution is -0.0668. The molecule has 1 aromatic rings. The first-order chi connectivity index (χ1) is 10.0. The molecule has 0 radical (unpaired) electrons. The van der Waals surface area contributed by atoms with Gasteiger partial charge in [0.2, 0.25) is 0 Å². The molecule has 4 aliphatic rings. The molecule has 4 aliphatic carbocycles. The van der Waals surface area contributed by atoms with Gasteiger partial charge in [0.15, 0.2) is 0 Å². The van der Waals surface area contributed by atoms with Crippen molar-refractivity contribution in [1.29, 1.82) is 0 Å². The van der Waals surface area contributed by atoms with Crippen molar-refractivity contribution in [2.24, 2.45) is 28.9 Å². The van der Waals surface area contributed by atoms with Crippen molar-refractivity contribution in [2.75, 3.05) is 0 Å². The second kappa shape index (κ2) is 5.06. The van der Waals surface area contributed by atoms with Crippen LogP contribution in [0.15, 0.2) is 22.7 Å². The summed E-state index contributed by atoms with van der Waals surface area (Å²) in [5.74, 6) is 2.58. The summed E-state index contributed by atoms with van der Waals surface area (Å²) in [7, 11) is 0. The molecule has 0 aromatic heterocycles. The summed E-state index contributed by atoms with van der Waals surface area (Å²) in [4.78, 5) is 0. The van der Waals surface area contributed by atoms with Crippen LogP contribution in [0, 0.1) is 29.0 Å². The Kier molecular flexibility index (Phi) is 3.42. The molecule has 5 rings (SSSR count). The predicted molar refractivity (Wildman–Crippen MR) is 86.4 cm³/mol. The summed E-state index contributed by atoms with van der Waals surface area (Å²) < 4.78 is 15.0. The Hall–Kier alpha value is -0.410. The summed E-state index contributed by atoms with van der Waals surface area (Å²) in [5.41, 5.74) is 7.71. The highest BCUT2D eigenvalue weighted by atomic mass is 79.9. The van der Waals surface area contributed by atoms with Crippen LogP contribution in [0.1, 0.15) is 44.1 Å². The van der Waals surface area contributed by atoms with Crippen LogP contribution >= 0.6 is 15.9 Å². The molecule has 0 aliphatic heterocycles. The zero-order valence-corrected chi connectivity index (χ0v) is 13.9. The van der Waals surface area contributed by atoms with E-state index in [4.69, 9.17) is 5.73 Å². The molecule has 4 fully saturated rings. The highest BCUT2D eigenvalue weighted by Crippen LogP contribution is 2.61. The highest BCUT2D eigenvalue weighted by Gasteiger charge is 2.53. The van der Waals surface area contributed by atoms with Gasteiger partial charge >= 0.3 is 0 Å². The molecule has 4 bridgehead atoms. The van der Waals surface area contributed by atoms with Gasteiger partial charge in [0.1, 0.15) is 5.82 Å². The lowest BCUT2D eigenvalue weighted by atomic mass is 9.47. The lowest BCUT2D eigenvalue weighted by Gasteiger charge is -2.59. The lowest BCUT2D eigenvalue weighted by Crippen LogP contribution is -2.55. The topological polar surface area (TPSA) is 26.0 Å². The molecule has 1 unspecified atom stereocenters. The van der Waals surface area contributed by atoms with Crippen LogP contribution in [-0.4, -0.2) is 6.04 Å². The number of rotatable bonds is 3. The van der Waals surface area contributed by atoms with Crippen LogP contribution in [-0.2, 0) is 6.42 Å². The van der Waals surface area contributed by atoms with Gasteiger partial charge in [-0.3, -0.25) is 0 Å². The maximum atomic E-state index is 14.0. The molecule has 0 saturated heterocycles. The summed E-state index contributed by atoms with van der Waals surface area (Å²) in [5, 5.41) is 0. The van der Waals surface area contributed by atoms with E-state index in [1.54, 1.807) is 12.1 Å². The highest BCUT2D eigenvalue weighted by molar-refractivity contribution is 9.10. The first kappa shape index (κ1) is 14.2. The van der Waals surface area contributed by atoms with Gasteiger partial charge in [-0.1, -0.05) is 15.9 Å². The van der Waals surface area contributed by atoms with E-state index < -0.39 is 0 Å². The fourth-order valence-corrected chi connectivity index (χ4v) is 6.19. The van der Waals surface area contributed by atoms with Gasteiger partial charge in [-0.25, -0.2) is 4.39 Å². The Morgan fingerprint density at radius 3 is 2.29 bits per heavy atom. The Labute approximate surface area is 134 Å². The van der Waals surface area contributed by atoms with E-state index >= 15 is 0 Å². The molecular weight excluding hydrogens is 329 g/mol. The minimum Gasteiger partial charge on any atom is -0.327 e. The molecule has 1 aromatic carbocycles. The second-order valence-corrected chi connectivity index (χ2v) is 8.74. The zero-order valence-electron chi connectivity index (χ0n) is 12.3. The molecule has 1 atom stereocenters. The minimum absolute atomic E-state index is 0.106. The third kappa shape index (κ3) is 2.46. The van der Waals surface area contributed by atoms with E-state index in [2.05, 4.69) is 15.9 Å². The summed E-state index contributed by atoms with van der Waals surface area (Å²) in [6.07, 6.45) is 8.82. The molecule has 3 heteroatoms.